The van der Waals surface area contributed by atoms with E-state index in [1.54, 1.807) is 6.20 Å². The topological polar surface area (TPSA) is 48.1 Å². The second-order valence-electron chi connectivity index (χ2n) is 4.74. The molecule has 0 bridgehead atoms. The number of nitrogens with zero attached hydrogens (tertiary/aromatic N) is 1. The van der Waals surface area contributed by atoms with Crippen molar-refractivity contribution in [3.63, 3.8) is 0 Å². The van der Waals surface area contributed by atoms with E-state index in [0.29, 0.717) is 6.61 Å². The smallest absolute Gasteiger partial charge is 0.130 e. The number of para-hydroxylation sites is 1. The highest BCUT2D eigenvalue weighted by molar-refractivity contribution is 9.10. The van der Waals surface area contributed by atoms with Crippen LogP contribution in [0.1, 0.15) is 24.6 Å². The van der Waals surface area contributed by atoms with Crippen LogP contribution in [0.15, 0.2) is 47.1 Å². The first-order valence-corrected chi connectivity index (χ1v) is 7.55. The van der Waals surface area contributed by atoms with Gasteiger partial charge >= 0.3 is 0 Å². The average molecular weight is 335 g/mol. The summed E-state index contributed by atoms with van der Waals surface area (Å²) in [5.74, 6) is 0.890. The van der Waals surface area contributed by atoms with Crippen molar-refractivity contribution in [1.29, 1.82) is 0 Å². The average Bonchev–Trinajstić information content (AvgIpc) is 2.48. The third-order valence-corrected chi connectivity index (χ3v) is 3.61. The molecule has 3 nitrogen and oxygen atoms in total. The Labute approximate surface area is 128 Å². The van der Waals surface area contributed by atoms with Crippen LogP contribution in [-0.2, 0) is 13.0 Å². The van der Waals surface area contributed by atoms with Crippen LogP contribution in [0.2, 0.25) is 0 Å². The maximum absolute atomic E-state index is 6.02. The maximum atomic E-state index is 6.02. The van der Waals surface area contributed by atoms with Crippen LogP contribution >= 0.6 is 15.9 Å². The number of halogens is 1. The highest BCUT2D eigenvalue weighted by atomic mass is 79.9. The van der Waals surface area contributed by atoms with Crippen LogP contribution < -0.4 is 10.5 Å². The van der Waals surface area contributed by atoms with E-state index < -0.39 is 0 Å². The van der Waals surface area contributed by atoms with Gasteiger partial charge in [0.1, 0.15) is 12.4 Å². The van der Waals surface area contributed by atoms with Gasteiger partial charge in [0.25, 0.3) is 0 Å². The molecule has 2 rings (SSSR count). The molecule has 0 aliphatic carbocycles. The fraction of sp³-hybridized carbons (Fsp3) is 0.312. The third kappa shape index (κ3) is 4.32. The molecule has 106 valence electrons. The molecule has 2 aromatic rings. The summed E-state index contributed by atoms with van der Waals surface area (Å²) in [7, 11) is 0. The van der Waals surface area contributed by atoms with Crippen molar-refractivity contribution in [2.45, 2.75) is 32.4 Å². The van der Waals surface area contributed by atoms with Gasteiger partial charge < -0.3 is 10.5 Å². The van der Waals surface area contributed by atoms with Gasteiger partial charge in [0.2, 0.25) is 0 Å². The van der Waals surface area contributed by atoms with Crippen LogP contribution in [0.5, 0.6) is 5.75 Å². The summed E-state index contributed by atoms with van der Waals surface area (Å²) in [5.41, 5.74) is 8.08. The lowest BCUT2D eigenvalue weighted by molar-refractivity contribution is 0.297. The molecule has 0 aliphatic rings. The lowest BCUT2D eigenvalue weighted by atomic mass is 10.0. The number of pyridine rings is 1. The Balaban J connectivity index is 2.03. The predicted octanol–water partition coefficient (Wildman–Crippen LogP) is 3.70. The molecule has 0 radical (unpaired) electrons. The number of ether oxygens (including phenoxy) is 1. The van der Waals surface area contributed by atoms with Crippen molar-refractivity contribution in [3.05, 3.63) is 58.3 Å². The van der Waals surface area contributed by atoms with E-state index in [4.69, 9.17) is 10.5 Å². The number of hydrogen-bond donors (Lipinski definition) is 1. The normalized spacial score (nSPS) is 12.2. The molecule has 0 saturated heterocycles. The molecule has 0 saturated carbocycles. The van der Waals surface area contributed by atoms with E-state index in [0.717, 1.165) is 34.3 Å². The Morgan fingerprint density at radius 1 is 1.25 bits per heavy atom. The zero-order valence-corrected chi connectivity index (χ0v) is 13.1. The van der Waals surface area contributed by atoms with E-state index in [1.807, 2.05) is 30.3 Å². The maximum Gasteiger partial charge on any atom is 0.130 e. The fourth-order valence-corrected chi connectivity index (χ4v) is 2.12. The number of benzene rings is 1. The van der Waals surface area contributed by atoms with Crippen LogP contribution in [0, 0.1) is 0 Å². The summed E-state index contributed by atoms with van der Waals surface area (Å²) in [6, 6.07) is 12.1. The first kappa shape index (κ1) is 15.0. The Kier molecular flexibility index (Phi) is 5.56. The first-order chi connectivity index (χ1) is 9.69. The second kappa shape index (κ2) is 7.41. The summed E-state index contributed by atoms with van der Waals surface area (Å²) < 4.78 is 6.84. The highest BCUT2D eigenvalue weighted by Crippen LogP contribution is 2.21. The molecule has 0 fully saturated rings. The van der Waals surface area contributed by atoms with Gasteiger partial charge in [-0.1, -0.05) is 25.1 Å². The minimum atomic E-state index is 0.172. The molecule has 4 heteroatoms. The van der Waals surface area contributed by atoms with Crippen molar-refractivity contribution in [2.75, 3.05) is 0 Å². The Hall–Kier alpha value is -1.39. The quantitative estimate of drug-likeness (QED) is 0.876. The van der Waals surface area contributed by atoms with Gasteiger partial charge in [0.05, 0.1) is 5.69 Å². The Morgan fingerprint density at radius 2 is 2.05 bits per heavy atom. The van der Waals surface area contributed by atoms with Crippen LogP contribution in [-0.4, -0.2) is 11.0 Å². The third-order valence-electron chi connectivity index (χ3n) is 3.14. The fourth-order valence-electron chi connectivity index (χ4n) is 1.88. The molecular formula is C16H19BrN2O. The van der Waals surface area contributed by atoms with Crippen molar-refractivity contribution >= 4 is 15.9 Å². The van der Waals surface area contributed by atoms with Crippen molar-refractivity contribution in [2.24, 2.45) is 5.73 Å². The van der Waals surface area contributed by atoms with Crippen LogP contribution in [0.4, 0.5) is 0 Å². The molecule has 0 spiro atoms. The molecule has 1 aromatic carbocycles. The van der Waals surface area contributed by atoms with E-state index in [9.17, 15) is 0 Å². The first-order valence-electron chi connectivity index (χ1n) is 6.75. The summed E-state index contributed by atoms with van der Waals surface area (Å²) >= 11 is 3.37. The van der Waals surface area contributed by atoms with Gasteiger partial charge in [-0.2, -0.15) is 0 Å². The van der Waals surface area contributed by atoms with Crippen molar-refractivity contribution < 1.29 is 4.74 Å². The lowest BCUT2D eigenvalue weighted by Gasteiger charge is -2.14. The second-order valence-corrected chi connectivity index (χ2v) is 5.65. The van der Waals surface area contributed by atoms with Crippen molar-refractivity contribution in [3.8, 4) is 5.75 Å². The Morgan fingerprint density at radius 3 is 2.75 bits per heavy atom. The van der Waals surface area contributed by atoms with Gasteiger partial charge in [0, 0.05) is 16.7 Å². The van der Waals surface area contributed by atoms with Gasteiger partial charge in [-0.05, 0) is 52.5 Å². The molecule has 0 aliphatic heterocycles. The zero-order valence-electron chi connectivity index (χ0n) is 11.6. The molecule has 0 amide bonds. The van der Waals surface area contributed by atoms with E-state index in [-0.39, 0.29) is 6.04 Å². The number of nitrogens with two attached hydrogens (primary N) is 1. The highest BCUT2D eigenvalue weighted by Gasteiger charge is 2.07. The van der Waals surface area contributed by atoms with Gasteiger partial charge in [-0.3, -0.25) is 4.98 Å². The van der Waals surface area contributed by atoms with Gasteiger partial charge in [-0.15, -0.1) is 0 Å². The lowest BCUT2D eigenvalue weighted by Crippen LogP contribution is -2.21. The van der Waals surface area contributed by atoms with E-state index in [1.165, 1.54) is 0 Å². The predicted molar refractivity (Wildman–Crippen MR) is 84.7 cm³/mol. The van der Waals surface area contributed by atoms with Gasteiger partial charge in [-0.25, -0.2) is 0 Å². The molecule has 20 heavy (non-hydrogen) atoms. The minimum absolute atomic E-state index is 0.172. The largest absolute Gasteiger partial charge is 0.487 e. The van der Waals surface area contributed by atoms with Crippen molar-refractivity contribution in [1.82, 2.24) is 4.98 Å². The molecule has 1 heterocycles. The summed E-state index contributed by atoms with van der Waals surface area (Å²) in [5, 5.41) is 0. The summed E-state index contributed by atoms with van der Waals surface area (Å²) in [4.78, 5) is 4.30. The minimum Gasteiger partial charge on any atom is -0.487 e. The Bertz CT molecular complexity index is 542. The zero-order chi connectivity index (χ0) is 14.4. The molecule has 1 atom stereocenters. The monoisotopic (exact) mass is 334 g/mol. The molecule has 1 unspecified atom stereocenters. The van der Waals surface area contributed by atoms with Gasteiger partial charge in [0.15, 0.2) is 0 Å². The summed E-state index contributed by atoms with van der Waals surface area (Å²) in [6.45, 7) is 2.56. The number of aromatic nitrogens is 1. The molecule has 2 N–H and O–H groups in total. The molecule has 1 aromatic heterocycles. The number of hydrogen-bond acceptors (Lipinski definition) is 3. The van der Waals surface area contributed by atoms with Crippen LogP contribution in [0.3, 0.4) is 0 Å². The standard InChI is InChI=1S/C16H19BrN2O/c1-2-14(18)9-12-5-3-4-6-16(12)20-11-15-8-7-13(17)10-19-15/h3-8,10,14H,2,9,11,18H2,1H3. The summed E-state index contributed by atoms with van der Waals surface area (Å²) in [6.07, 6.45) is 3.57. The SMILES string of the molecule is CCC(N)Cc1ccccc1OCc1ccc(Br)cn1. The van der Waals surface area contributed by atoms with E-state index >= 15 is 0 Å². The van der Waals surface area contributed by atoms with E-state index in [2.05, 4.69) is 33.9 Å². The molecular weight excluding hydrogens is 316 g/mol. The van der Waals surface area contributed by atoms with Crippen LogP contribution in [0.25, 0.3) is 0 Å². The number of rotatable bonds is 6.